The number of rotatable bonds is 3. The quantitative estimate of drug-likeness (QED) is 0.806. The third-order valence-electron chi connectivity index (χ3n) is 4.87. The SMILES string of the molecule is CC(Nc1ccc2c(c1)Cc1ccccc1-2)C(=O)N1CCOCC1. The molecule has 1 unspecified atom stereocenters. The van der Waals surface area contributed by atoms with Crippen LogP contribution in [-0.2, 0) is 16.0 Å². The van der Waals surface area contributed by atoms with E-state index in [1.807, 2.05) is 11.8 Å². The highest BCUT2D eigenvalue weighted by Gasteiger charge is 2.23. The number of anilines is 1. The van der Waals surface area contributed by atoms with Gasteiger partial charge in [-0.25, -0.2) is 0 Å². The van der Waals surface area contributed by atoms with Gasteiger partial charge in [-0.3, -0.25) is 4.79 Å². The van der Waals surface area contributed by atoms with Crippen LogP contribution in [0.4, 0.5) is 5.69 Å². The van der Waals surface area contributed by atoms with E-state index in [4.69, 9.17) is 4.74 Å². The molecule has 2 aromatic rings. The highest BCUT2D eigenvalue weighted by Crippen LogP contribution is 2.37. The fraction of sp³-hybridized carbons (Fsp3) is 0.350. The minimum atomic E-state index is -0.232. The van der Waals surface area contributed by atoms with Crippen LogP contribution < -0.4 is 5.32 Å². The van der Waals surface area contributed by atoms with Crippen molar-refractivity contribution < 1.29 is 9.53 Å². The zero-order chi connectivity index (χ0) is 16.5. The normalized spacial score (nSPS) is 17.1. The van der Waals surface area contributed by atoms with Gasteiger partial charge < -0.3 is 15.0 Å². The lowest BCUT2D eigenvalue weighted by Crippen LogP contribution is -2.47. The molecule has 1 atom stereocenters. The molecule has 0 bridgehead atoms. The fourth-order valence-electron chi connectivity index (χ4n) is 3.60. The second-order valence-corrected chi connectivity index (χ2v) is 6.51. The van der Waals surface area contributed by atoms with Gasteiger partial charge in [0.2, 0.25) is 5.91 Å². The fourth-order valence-corrected chi connectivity index (χ4v) is 3.60. The van der Waals surface area contributed by atoms with E-state index in [1.54, 1.807) is 0 Å². The molecule has 124 valence electrons. The van der Waals surface area contributed by atoms with Crippen molar-refractivity contribution in [1.82, 2.24) is 4.90 Å². The Hall–Kier alpha value is -2.33. The standard InChI is InChI=1S/C20H22N2O2/c1-14(20(23)22-8-10-24-11-9-22)21-17-6-7-19-16(13-17)12-15-4-2-3-5-18(15)19/h2-7,13-14,21H,8-12H2,1H3. The van der Waals surface area contributed by atoms with Gasteiger partial charge in [-0.1, -0.05) is 30.3 Å². The molecule has 4 rings (SSSR count). The molecular weight excluding hydrogens is 300 g/mol. The summed E-state index contributed by atoms with van der Waals surface area (Å²) in [5, 5.41) is 3.36. The Bertz CT molecular complexity index is 766. The maximum atomic E-state index is 12.5. The van der Waals surface area contributed by atoms with E-state index >= 15 is 0 Å². The average molecular weight is 322 g/mol. The molecule has 0 saturated carbocycles. The van der Waals surface area contributed by atoms with Gasteiger partial charge in [-0.15, -0.1) is 0 Å². The van der Waals surface area contributed by atoms with E-state index in [0.29, 0.717) is 26.3 Å². The number of nitrogens with one attached hydrogen (secondary N) is 1. The maximum absolute atomic E-state index is 12.5. The van der Waals surface area contributed by atoms with Crippen LogP contribution in [0.15, 0.2) is 42.5 Å². The Morgan fingerprint density at radius 2 is 1.83 bits per heavy atom. The minimum absolute atomic E-state index is 0.141. The van der Waals surface area contributed by atoms with Crippen LogP contribution in [0, 0.1) is 0 Å². The predicted molar refractivity (Wildman–Crippen MR) is 95.2 cm³/mol. The Morgan fingerprint density at radius 3 is 2.67 bits per heavy atom. The lowest BCUT2D eigenvalue weighted by molar-refractivity contribution is -0.135. The Kier molecular flexibility index (Phi) is 3.98. The van der Waals surface area contributed by atoms with Gasteiger partial charge in [-0.05, 0) is 47.7 Å². The number of hydrogen-bond acceptors (Lipinski definition) is 3. The molecule has 2 aliphatic rings. The van der Waals surface area contributed by atoms with Crippen LogP contribution in [0.1, 0.15) is 18.1 Å². The molecule has 1 aliphatic heterocycles. The number of ether oxygens (including phenoxy) is 1. The van der Waals surface area contributed by atoms with Gasteiger partial charge in [-0.2, -0.15) is 0 Å². The van der Waals surface area contributed by atoms with E-state index in [9.17, 15) is 4.79 Å². The summed E-state index contributed by atoms with van der Waals surface area (Å²) in [6.07, 6.45) is 0.965. The second-order valence-electron chi connectivity index (χ2n) is 6.51. The van der Waals surface area contributed by atoms with Crippen LogP contribution in [0.25, 0.3) is 11.1 Å². The largest absolute Gasteiger partial charge is 0.378 e. The number of benzene rings is 2. The Labute approximate surface area is 142 Å². The van der Waals surface area contributed by atoms with Crippen LogP contribution in [0.5, 0.6) is 0 Å². The molecule has 0 spiro atoms. The van der Waals surface area contributed by atoms with Crippen molar-refractivity contribution in [3.8, 4) is 11.1 Å². The molecule has 1 saturated heterocycles. The summed E-state index contributed by atoms with van der Waals surface area (Å²) in [4.78, 5) is 14.4. The van der Waals surface area contributed by atoms with Gasteiger partial charge in [0.25, 0.3) is 0 Å². The molecule has 0 radical (unpaired) electrons. The first-order chi connectivity index (χ1) is 11.7. The molecule has 2 aromatic carbocycles. The van der Waals surface area contributed by atoms with Crippen molar-refractivity contribution >= 4 is 11.6 Å². The van der Waals surface area contributed by atoms with Crippen LogP contribution in [0.3, 0.4) is 0 Å². The number of amides is 1. The second kappa shape index (κ2) is 6.29. The first-order valence-electron chi connectivity index (χ1n) is 8.56. The third kappa shape index (κ3) is 2.78. The molecule has 1 fully saturated rings. The van der Waals surface area contributed by atoms with Crippen molar-refractivity contribution in [3.63, 3.8) is 0 Å². The Balaban J connectivity index is 1.48. The number of morpholine rings is 1. The maximum Gasteiger partial charge on any atom is 0.244 e. The molecular formula is C20H22N2O2. The van der Waals surface area contributed by atoms with Gasteiger partial charge in [0.1, 0.15) is 6.04 Å². The van der Waals surface area contributed by atoms with E-state index in [2.05, 4.69) is 47.8 Å². The summed E-state index contributed by atoms with van der Waals surface area (Å²) >= 11 is 0. The molecule has 1 N–H and O–H groups in total. The molecule has 0 aromatic heterocycles. The average Bonchev–Trinajstić information content (AvgIpc) is 2.99. The first-order valence-corrected chi connectivity index (χ1v) is 8.56. The molecule has 1 aliphatic carbocycles. The molecule has 4 nitrogen and oxygen atoms in total. The number of hydrogen-bond donors (Lipinski definition) is 1. The predicted octanol–water partition coefficient (Wildman–Crippen LogP) is 2.92. The van der Waals surface area contributed by atoms with Gasteiger partial charge in [0, 0.05) is 18.8 Å². The molecule has 1 heterocycles. The highest BCUT2D eigenvalue weighted by molar-refractivity contribution is 5.85. The molecule has 24 heavy (non-hydrogen) atoms. The van der Waals surface area contributed by atoms with Crippen molar-refractivity contribution in [2.75, 3.05) is 31.6 Å². The highest BCUT2D eigenvalue weighted by atomic mass is 16.5. The van der Waals surface area contributed by atoms with Crippen molar-refractivity contribution in [1.29, 1.82) is 0 Å². The minimum Gasteiger partial charge on any atom is -0.378 e. The lowest BCUT2D eigenvalue weighted by atomic mass is 10.1. The van der Waals surface area contributed by atoms with Crippen molar-refractivity contribution in [2.24, 2.45) is 0 Å². The van der Waals surface area contributed by atoms with E-state index < -0.39 is 0 Å². The van der Waals surface area contributed by atoms with Crippen LogP contribution in [-0.4, -0.2) is 43.2 Å². The lowest BCUT2D eigenvalue weighted by Gasteiger charge is -2.29. The summed E-state index contributed by atoms with van der Waals surface area (Å²) < 4.78 is 5.31. The monoisotopic (exact) mass is 322 g/mol. The van der Waals surface area contributed by atoms with Crippen molar-refractivity contribution in [2.45, 2.75) is 19.4 Å². The van der Waals surface area contributed by atoms with Gasteiger partial charge in [0.15, 0.2) is 0 Å². The third-order valence-corrected chi connectivity index (χ3v) is 4.87. The summed E-state index contributed by atoms with van der Waals surface area (Å²) in [5.41, 5.74) is 6.35. The molecule has 1 amide bonds. The van der Waals surface area contributed by atoms with E-state index in [0.717, 1.165) is 12.1 Å². The van der Waals surface area contributed by atoms with Crippen molar-refractivity contribution in [3.05, 3.63) is 53.6 Å². The van der Waals surface area contributed by atoms with Gasteiger partial charge >= 0.3 is 0 Å². The zero-order valence-corrected chi connectivity index (χ0v) is 13.9. The number of carbonyl (C=O) groups is 1. The van der Waals surface area contributed by atoms with Crippen LogP contribution in [0.2, 0.25) is 0 Å². The molecule has 4 heteroatoms. The number of nitrogens with zero attached hydrogens (tertiary/aromatic N) is 1. The summed E-state index contributed by atoms with van der Waals surface area (Å²) in [7, 11) is 0. The first kappa shape index (κ1) is 15.2. The topological polar surface area (TPSA) is 41.6 Å². The summed E-state index contributed by atoms with van der Waals surface area (Å²) in [6.45, 7) is 4.57. The van der Waals surface area contributed by atoms with Gasteiger partial charge in [0.05, 0.1) is 13.2 Å². The zero-order valence-electron chi connectivity index (χ0n) is 13.9. The van der Waals surface area contributed by atoms with E-state index in [-0.39, 0.29) is 11.9 Å². The summed E-state index contributed by atoms with van der Waals surface area (Å²) in [6, 6.07) is 14.7. The van der Waals surface area contributed by atoms with E-state index in [1.165, 1.54) is 22.3 Å². The smallest absolute Gasteiger partial charge is 0.244 e. The number of fused-ring (bicyclic) bond motifs is 3. The van der Waals surface area contributed by atoms with Crippen LogP contribution >= 0.6 is 0 Å². The summed E-state index contributed by atoms with van der Waals surface area (Å²) in [5.74, 6) is 0.141. The Morgan fingerprint density at radius 1 is 1.08 bits per heavy atom. The number of carbonyl (C=O) groups excluding carboxylic acids is 1.